The van der Waals surface area contributed by atoms with Crippen molar-refractivity contribution in [2.24, 2.45) is 0 Å². The molecule has 0 radical (unpaired) electrons. The molecule has 1 fully saturated rings. The van der Waals surface area contributed by atoms with Gasteiger partial charge in [0.1, 0.15) is 18.8 Å². The van der Waals surface area contributed by atoms with Gasteiger partial charge in [0.05, 0.1) is 6.54 Å². The molecule has 0 aliphatic heterocycles. The first-order valence-electron chi connectivity index (χ1n) is 10.8. The van der Waals surface area contributed by atoms with Crippen molar-refractivity contribution < 1.29 is 29.3 Å². The number of esters is 2. The molecule has 0 saturated heterocycles. The maximum absolute atomic E-state index is 11.4. The molecule has 0 bridgehead atoms. The Balaban J connectivity index is 0.000000318. The van der Waals surface area contributed by atoms with Crippen LogP contribution in [0.4, 0.5) is 0 Å². The average Bonchev–Trinajstić information content (AvgIpc) is 2.82. The second-order valence-corrected chi connectivity index (χ2v) is 7.19. The second kappa shape index (κ2) is 15.4. The summed E-state index contributed by atoms with van der Waals surface area (Å²) >= 11 is 0. The number of carbonyl (C=O) groups excluding carboxylic acids is 2. The first kappa shape index (κ1) is 26.6. The van der Waals surface area contributed by atoms with Crippen LogP contribution in [0.5, 0.6) is 0 Å². The molecule has 2 N–H and O–H groups in total. The minimum atomic E-state index is -0.637. The van der Waals surface area contributed by atoms with Gasteiger partial charge >= 0.3 is 11.9 Å². The van der Waals surface area contributed by atoms with Crippen LogP contribution in [0.15, 0.2) is 30.3 Å². The number of hydrogen-bond donors (Lipinski definition) is 2. The van der Waals surface area contributed by atoms with Crippen molar-refractivity contribution in [2.75, 3.05) is 39.5 Å². The van der Waals surface area contributed by atoms with Gasteiger partial charge in [-0.05, 0) is 44.3 Å². The lowest BCUT2D eigenvalue weighted by atomic mass is 9.79. The number of aliphatic hydroxyl groups excluding tert-OH is 2. The molecule has 0 unspecified atom stereocenters. The molecule has 0 spiro atoms. The standard InChI is InChI=1S/C14H18O3.C10H17NO3/c15-11-13(16)17-14(9-5-2-6-10-14)12-7-3-1-4-8-12;1-3-11(4-2)7-5-6-8-14-10(13)9-12/h1,3-4,7-8,15H,2,5-6,9-11H2;12H,3-4,7-9H2,1-2H3. The van der Waals surface area contributed by atoms with Crippen LogP contribution in [0, 0.1) is 11.8 Å². The van der Waals surface area contributed by atoms with Crippen LogP contribution in [0.3, 0.4) is 0 Å². The topological polar surface area (TPSA) is 96.3 Å². The molecule has 1 aliphatic carbocycles. The summed E-state index contributed by atoms with van der Waals surface area (Å²) in [5.74, 6) is 4.42. The Morgan fingerprint density at radius 3 is 2.13 bits per heavy atom. The zero-order valence-electron chi connectivity index (χ0n) is 18.6. The minimum absolute atomic E-state index is 0.0562. The summed E-state index contributed by atoms with van der Waals surface area (Å²) in [5, 5.41) is 17.2. The fraction of sp³-hybridized carbons (Fsp3) is 0.583. The molecule has 2 rings (SSSR count). The summed E-state index contributed by atoms with van der Waals surface area (Å²) in [6.07, 6.45) is 5.01. The maximum atomic E-state index is 11.4. The summed E-state index contributed by atoms with van der Waals surface area (Å²) < 4.78 is 10.1. The number of hydrogen-bond acceptors (Lipinski definition) is 7. The van der Waals surface area contributed by atoms with Crippen LogP contribution in [0.1, 0.15) is 51.5 Å². The normalized spacial score (nSPS) is 14.5. The van der Waals surface area contributed by atoms with Crippen LogP contribution in [-0.2, 0) is 24.7 Å². The van der Waals surface area contributed by atoms with Gasteiger partial charge in [0, 0.05) is 0 Å². The Labute approximate surface area is 185 Å². The summed E-state index contributed by atoms with van der Waals surface area (Å²) in [4.78, 5) is 24.0. The number of aliphatic hydroxyl groups is 2. The smallest absolute Gasteiger partial charge is 0.332 e. The molecule has 1 aromatic carbocycles. The number of ether oxygens (including phenoxy) is 2. The summed E-state index contributed by atoms with van der Waals surface area (Å²) in [5.41, 5.74) is 0.528. The van der Waals surface area contributed by atoms with Gasteiger partial charge in [-0.15, -0.1) is 0 Å². The lowest BCUT2D eigenvalue weighted by Gasteiger charge is -2.37. The van der Waals surface area contributed by atoms with E-state index in [0.29, 0.717) is 6.54 Å². The van der Waals surface area contributed by atoms with E-state index in [9.17, 15) is 9.59 Å². The van der Waals surface area contributed by atoms with Gasteiger partial charge in [-0.3, -0.25) is 4.90 Å². The lowest BCUT2D eigenvalue weighted by molar-refractivity contribution is -0.168. The third kappa shape index (κ3) is 9.97. The first-order valence-corrected chi connectivity index (χ1v) is 10.8. The molecule has 1 saturated carbocycles. The van der Waals surface area contributed by atoms with Gasteiger partial charge in [0.25, 0.3) is 0 Å². The molecular weight excluding hydrogens is 398 g/mol. The van der Waals surface area contributed by atoms with Gasteiger partial charge in [-0.25, -0.2) is 9.59 Å². The Morgan fingerprint density at radius 2 is 1.58 bits per heavy atom. The molecule has 7 heteroatoms. The molecule has 0 heterocycles. The molecule has 1 aromatic rings. The Hall–Kier alpha value is -2.40. The zero-order chi connectivity index (χ0) is 23.0. The third-order valence-corrected chi connectivity index (χ3v) is 5.16. The Bertz CT molecular complexity index is 700. The van der Waals surface area contributed by atoms with Gasteiger partial charge in [0.2, 0.25) is 0 Å². The summed E-state index contributed by atoms with van der Waals surface area (Å²) in [6, 6.07) is 9.86. The highest BCUT2D eigenvalue weighted by Crippen LogP contribution is 2.40. The monoisotopic (exact) mass is 433 g/mol. The summed E-state index contributed by atoms with van der Waals surface area (Å²) in [7, 11) is 0. The molecule has 0 amide bonds. The molecule has 0 atom stereocenters. The quantitative estimate of drug-likeness (QED) is 0.479. The van der Waals surface area contributed by atoms with Gasteiger partial charge in [0.15, 0.2) is 6.61 Å². The molecule has 7 nitrogen and oxygen atoms in total. The third-order valence-electron chi connectivity index (χ3n) is 5.16. The minimum Gasteiger partial charge on any atom is -0.452 e. The van der Waals surface area contributed by atoms with Crippen molar-refractivity contribution in [3.8, 4) is 11.8 Å². The van der Waals surface area contributed by atoms with E-state index in [1.807, 2.05) is 30.3 Å². The van der Waals surface area contributed by atoms with E-state index in [4.69, 9.17) is 14.9 Å². The molecule has 31 heavy (non-hydrogen) atoms. The van der Waals surface area contributed by atoms with Gasteiger partial charge in [-0.1, -0.05) is 62.4 Å². The van der Waals surface area contributed by atoms with Crippen LogP contribution in [-0.4, -0.2) is 66.5 Å². The zero-order valence-corrected chi connectivity index (χ0v) is 18.6. The molecular formula is C24H35NO6. The van der Waals surface area contributed by atoms with E-state index in [1.165, 1.54) is 6.42 Å². The fourth-order valence-corrected chi connectivity index (χ4v) is 3.39. The summed E-state index contributed by atoms with van der Waals surface area (Å²) in [6.45, 7) is 5.66. The van der Waals surface area contributed by atoms with E-state index in [2.05, 4.69) is 35.3 Å². The highest BCUT2D eigenvalue weighted by atomic mass is 16.6. The first-order chi connectivity index (χ1) is 15.0. The van der Waals surface area contributed by atoms with E-state index >= 15 is 0 Å². The van der Waals surface area contributed by atoms with Crippen LogP contribution >= 0.6 is 0 Å². The SMILES string of the molecule is CCN(CC)CC#CCOC(=O)CO.O=C(CO)OC1(c2ccccc2)CCCCC1. The highest BCUT2D eigenvalue weighted by molar-refractivity contribution is 5.71. The molecule has 172 valence electrons. The second-order valence-electron chi connectivity index (χ2n) is 7.19. The van der Waals surface area contributed by atoms with Crippen molar-refractivity contribution in [3.63, 3.8) is 0 Å². The number of benzene rings is 1. The van der Waals surface area contributed by atoms with Gasteiger partial charge < -0.3 is 19.7 Å². The van der Waals surface area contributed by atoms with Crippen LogP contribution < -0.4 is 0 Å². The lowest BCUT2D eigenvalue weighted by Crippen LogP contribution is -2.35. The average molecular weight is 434 g/mol. The van der Waals surface area contributed by atoms with Crippen molar-refractivity contribution in [1.29, 1.82) is 0 Å². The van der Waals surface area contributed by atoms with Crippen molar-refractivity contribution >= 4 is 11.9 Å². The van der Waals surface area contributed by atoms with Crippen LogP contribution in [0.2, 0.25) is 0 Å². The number of carbonyl (C=O) groups is 2. The Morgan fingerprint density at radius 1 is 0.968 bits per heavy atom. The van der Waals surface area contributed by atoms with Gasteiger partial charge in [-0.2, -0.15) is 0 Å². The number of rotatable bonds is 8. The van der Waals surface area contributed by atoms with E-state index in [-0.39, 0.29) is 6.61 Å². The maximum Gasteiger partial charge on any atom is 0.332 e. The van der Waals surface area contributed by atoms with E-state index < -0.39 is 30.8 Å². The molecule has 0 aromatic heterocycles. The predicted molar refractivity (Wildman–Crippen MR) is 118 cm³/mol. The fourth-order valence-electron chi connectivity index (χ4n) is 3.39. The molecule has 1 aliphatic rings. The number of nitrogens with zero attached hydrogens (tertiary/aromatic N) is 1. The van der Waals surface area contributed by atoms with Crippen molar-refractivity contribution in [1.82, 2.24) is 4.90 Å². The van der Waals surface area contributed by atoms with Crippen molar-refractivity contribution in [3.05, 3.63) is 35.9 Å². The van der Waals surface area contributed by atoms with E-state index in [1.54, 1.807) is 0 Å². The highest BCUT2D eigenvalue weighted by Gasteiger charge is 2.37. The largest absolute Gasteiger partial charge is 0.452 e. The Kier molecular flexibility index (Phi) is 13.2. The van der Waals surface area contributed by atoms with E-state index in [0.717, 1.165) is 44.3 Å². The van der Waals surface area contributed by atoms with Crippen molar-refractivity contribution in [2.45, 2.75) is 51.6 Å². The van der Waals surface area contributed by atoms with Crippen LogP contribution in [0.25, 0.3) is 0 Å². The predicted octanol–water partition coefficient (Wildman–Crippen LogP) is 2.25.